The number of nitrogen functional groups attached to an aromatic ring is 1. The molecule has 0 aliphatic heterocycles. The number of nitrogens with zero attached hydrogens (tertiary/aromatic N) is 1. The number of carbonyl (C=O) groups is 1. The van der Waals surface area contributed by atoms with E-state index in [4.69, 9.17) is 5.73 Å². The monoisotopic (exact) mass is 263 g/mol. The Morgan fingerprint density at radius 1 is 1.50 bits per heavy atom. The van der Waals surface area contributed by atoms with Gasteiger partial charge in [-0.2, -0.15) is 0 Å². The number of nitrogens with one attached hydrogen (secondary N) is 1. The minimum atomic E-state index is 0.0428. The molecule has 0 saturated heterocycles. The first-order chi connectivity index (χ1) is 8.45. The summed E-state index contributed by atoms with van der Waals surface area (Å²) in [6.07, 6.45) is 0.530. The van der Waals surface area contributed by atoms with Gasteiger partial charge >= 0.3 is 0 Å². The van der Waals surface area contributed by atoms with Gasteiger partial charge < -0.3 is 11.1 Å². The zero-order valence-electron chi connectivity index (χ0n) is 10.8. The van der Waals surface area contributed by atoms with Crippen molar-refractivity contribution in [1.82, 2.24) is 4.98 Å². The van der Waals surface area contributed by atoms with Gasteiger partial charge in [-0.3, -0.25) is 4.79 Å². The molecular formula is C13H17N3OS. The van der Waals surface area contributed by atoms with Crippen LogP contribution in [-0.2, 0) is 4.79 Å². The lowest BCUT2D eigenvalue weighted by atomic mass is 10.1. The summed E-state index contributed by atoms with van der Waals surface area (Å²) >= 11 is 1.44. The smallest absolute Gasteiger partial charge is 0.224 e. The minimum absolute atomic E-state index is 0.0428. The Bertz CT molecular complexity index is 589. The largest absolute Gasteiger partial charge is 0.375 e. The molecule has 0 aliphatic carbocycles. The molecule has 0 saturated carbocycles. The fourth-order valence-corrected chi connectivity index (χ4v) is 2.72. The van der Waals surface area contributed by atoms with Gasteiger partial charge in [0, 0.05) is 12.1 Å². The summed E-state index contributed by atoms with van der Waals surface area (Å²) < 4.78 is 1.01. The van der Waals surface area contributed by atoms with Crippen LogP contribution in [0, 0.1) is 12.8 Å². The Morgan fingerprint density at radius 2 is 2.22 bits per heavy atom. The number of thiazole rings is 1. The number of aromatic nitrogens is 1. The Morgan fingerprint density at radius 3 is 2.89 bits per heavy atom. The van der Waals surface area contributed by atoms with Crippen LogP contribution in [0.15, 0.2) is 12.1 Å². The summed E-state index contributed by atoms with van der Waals surface area (Å²) in [5.41, 5.74) is 8.46. The van der Waals surface area contributed by atoms with Crippen LogP contribution in [0.2, 0.25) is 0 Å². The van der Waals surface area contributed by atoms with Crippen molar-refractivity contribution in [1.29, 1.82) is 0 Å². The summed E-state index contributed by atoms with van der Waals surface area (Å²) in [7, 11) is 0. The number of anilines is 2. The van der Waals surface area contributed by atoms with Crippen molar-refractivity contribution in [3.63, 3.8) is 0 Å². The van der Waals surface area contributed by atoms with Crippen LogP contribution in [-0.4, -0.2) is 10.9 Å². The van der Waals surface area contributed by atoms with Gasteiger partial charge in [0.15, 0.2) is 5.13 Å². The van der Waals surface area contributed by atoms with E-state index in [2.05, 4.69) is 10.3 Å². The maximum atomic E-state index is 11.7. The molecule has 0 bridgehead atoms. The third kappa shape index (κ3) is 2.79. The number of rotatable bonds is 3. The predicted octanol–water partition coefficient (Wildman–Crippen LogP) is 3.17. The van der Waals surface area contributed by atoms with Crippen LogP contribution < -0.4 is 11.1 Å². The third-order valence-electron chi connectivity index (χ3n) is 2.58. The second kappa shape index (κ2) is 4.94. The zero-order chi connectivity index (χ0) is 13.3. The maximum Gasteiger partial charge on any atom is 0.224 e. The van der Waals surface area contributed by atoms with Crippen molar-refractivity contribution in [2.45, 2.75) is 27.2 Å². The average molecular weight is 263 g/mol. The van der Waals surface area contributed by atoms with Crippen molar-refractivity contribution >= 4 is 38.3 Å². The first kappa shape index (κ1) is 12.8. The number of nitrogens with two attached hydrogens (primary N) is 1. The van der Waals surface area contributed by atoms with Crippen LogP contribution in [0.1, 0.15) is 25.8 Å². The van der Waals surface area contributed by atoms with Gasteiger partial charge in [0.2, 0.25) is 5.91 Å². The second-order valence-electron chi connectivity index (χ2n) is 4.84. The quantitative estimate of drug-likeness (QED) is 0.893. The number of amides is 1. The standard InChI is InChI=1S/C13H17N3OS/c1-7(2)4-11(17)15-9-5-8(3)12-10(6-9)18-13(14)16-12/h5-7H,4H2,1-3H3,(H2,14,16)(H,15,17). The topological polar surface area (TPSA) is 68.0 Å². The number of aryl methyl sites for hydroxylation is 1. The average Bonchev–Trinajstić information content (AvgIpc) is 2.57. The van der Waals surface area contributed by atoms with Crippen LogP contribution in [0.5, 0.6) is 0 Å². The lowest BCUT2D eigenvalue weighted by Crippen LogP contribution is -2.13. The molecule has 0 aliphatic rings. The molecule has 18 heavy (non-hydrogen) atoms. The summed E-state index contributed by atoms with van der Waals surface area (Å²) in [5.74, 6) is 0.398. The lowest BCUT2D eigenvalue weighted by molar-refractivity contribution is -0.116. The number of carbonyl (C=O) groups excluding carboxylic acids is 1. The Hall–Kier alpha value is -1.62. The van der Waals surface area contributed by atoms with E-state index in [1.54, 1.807) is 0 Å². The molecule has 96 valence electrons. The Kier molecular flexibility index (Phi) is 3.52. The van der Waals surface area contributed by atoms with Crippen molar-refractivity contribution in [3.8, 4) is 0 Å². The molecule has 0 radical (unpaired) electrons. The summed E-state index contributed by atoms with van der Waals surface area (Å²) in [6.45, 7) is 6.02. The first-order valence-corrected chi connectivity index (χ1v) is 6.74. The molecule has 0 spiro atoms. The molecule has 1 amide bonds. The highest BCUT2D eigenvalue weighted by molar-refractivity contribution is 7.22. The van der Waals surface area contributed by atoms with Crippen molar-refractivity contribution in [3.05, 3.63) is 17.7 Å². The van der Waals surface area contributed by atoms with Gasteiger partial charge in [0.25, 0.3) is 0 Å². The molecule has 1 aromatic carbocycles. The number of benzene rings is 1. The van der Waals surface area contributed by atoms with Crippen LogP contribution in [0.4, 0.5) is 10.8 Å². The Labute approximate surface area is 110 Å². The van der Waals surface area contributed by atoms with Crippen molar-refractivity contribution < 1.29 is 4.79 Å². The molecule has 3 N–H and O–H groups in total. The van der Waals surface area contributed by atoms with E-state index in [-0.39, 0.29) is 5.91 Å². The summed E-state index contributed by atoms with van der Waals surface area (Å²) in [6, 6.07) is 3.86. The first-order valence-electron chi connectivity index (χ1n) is 5.92. The summed E-state index contributed by atoms with van der Waals surface area (Å²) in [5, 5.41) is 3.47. The van der Waals surface area contributed by atoms with E-state index in [1.807, 2.05) is 32.9 Å². The fraction of sp³-hybridized carbons (Fsp3) is 0.385. The Balaban J connectivity index is 2.26. The normalized spacial score (nSPS) is 11.1. The molecular weight excluding hydrogens is 246 g/mol. The lowest BCUT2D eigenvalue weighted by Gasteiger charge is -2.08. The van der Waals surface area contributed by atoms with Gasteiger partial charge in [-0.15, -0.1) is 0 Å². The van der Waals surface area contributed by atoms with E-state index >= 15 is 0 Å². The van der Waals surface area contributed by atoms with E-state index in [0.29, 0.717) is 17.5 Å². The molecule has 0 atom stereocenters. The number of hydrogen-bond donors (Lipinski definition) is 2. The van der Waals surface area contributed by atoms with E-state index in [0.717, 1.165) is 21.5 Å². The molecule has 5 heteroatoms. The van der Waals surface area contributed by atoms with E-state index in [1.165, 1.54) is 11.3 Å². The number of hydrogen-bond acceptors (Lipinski definition) is 4. The highest BCUT2D eigenvalue weighted by atomic mass is 32.1. The molecule has 2 rings (SSSR count). The molecule has 1 heterocycles. The maximum absolute atomic E-state index is 11.7. The highest BCUT2D eigenvalue weighted by Crippen LogP contribution is 2.29. The molecule has 4 nitrogen and oxygen atoms in total. The van der Waals surface area contributed by atoms with Crippen LogP contribution in [0.3, 0.4) is 0 Å². The van der Waals surface area contributed by atoms with Gasteiger partial charge in [-0.25, -0.2) is 4.98 Å². The van der Waals surface area contributed by atoms with E-state index < -0.39 is 0 Å². The van der Waals surface area contributed by atoms with Crippen molar-refractivity contribution in [2.24, 2.45) is 5.92 Å². The third-order valence-corrected chi connectivity index (χ3v) is 3.41. The molecule has 0 fully saturated rings. The number of fused-ring (bicyclic) bond motifs is 1. The van der Waals surface area contributed by atoms with E-state index in [9.17, 15) is 4.79 Å². The SMILES string of the molecule is Cc1cc(NC(=O)CC(C)C)cc2sc(N)nc12. The predicted molar refractivity (Wildman–Crippen MR) is 76.9 cm³/mol. The highest BCUT2D eigenvalue weighted by Gasteiger charge is 2.09. The summed E-state index contributed by atoms with van der Waals surface area (Å²) in [4.78, 5) is 16.0. The molecule has 1 aromatic heterocycles. The zero-order valence-corrected chi connectivity index (χ0v) is 11.6. The molecule has 2 aromatic rings. The van der Waals surface area contributed by atoms with Crippen LogP contribution >= 0.6 is 11.3 Å². The van der Waals surface area contributed by atoms with Gasteiger partial charge in [0.1, 0.15) is 0 Å². The van der Waals surface area contributed by atoms with Crippen molar-refractivity contribution in [2.75, 3.05) is 11.1 Å². The van der Waals surface area contributed by atoms with Gasteiger partial charge in [0.05, 0.1) is 10.2 Å². The van der Waals surface area contributed by atoms with Crippen LogP contribution in [0.25, 0.3) is 10.2 Å². The minimum Gasteiger partial charge on any atom is -0.375 e. The molecule has 0 unspecified atom stereocenters. The second-order valence-corrected chi connectivity index (χ2v) is 5.90. The van der Waals surface area contributed by atoms with Gasteiger partial charge in [-0.05, 0) is 30.5 Å². The fourth-order valence-electron chi connectivity index (χ4n) is 1.87. The van der Waals surface area contributed by atoms with Gasteiger partial charge in [-0.1, -0.05) is 25.2 Å².